The molecule has 1 atom stereocenters. The number of nitrogens with zero attached hydrogens (tertiary/aromatic N) is 1. The van der Waals surface area contributed by atoms with Gasteiger partial charge in [0.05, 0.1) is 19.3 Å². The first-order chi connectivity index (χ1) is 8.31. The van der Waals surface area contributed by atoms with Crippen LogP contribution in [0, 0.1) is 0 Å². The standard InChI is InChI=1S/C14H21NO2/c1-3-17-12(2)13-4-6-14(7-5-13)15-8-10-16-11-9-15/h4-7,12H,3,8-11H2,1-2H3. The molecule has 1 unspecified atom stereocenters. The summed E-state index contributed by atoms with van der Waals surface area (Å²) in [6.07, 6.45) is 0.179. The molecule has 1 aromatic carbocycles. The molecule has 1 saturated heterocycles. The number of morpholine rings is 1. The lowest BCUT2D eigenvalue weighted by Gasteiger charge is -2.29. The van der Waals surface area contributed by atoms with Crippen LogP contribution in [-0.4, -0.2) is 32.9 Å². The molecule has 1 fully saturated rings. The summed E-state index contributed by atoms with van der Waals surface area (Å²) in [5.74, 6) is 0. The van der Waals surface area contributed by atoms with Crippen molar-refractivity contribution in [2.24, 2.45) is 0 Å². The molecule has 1 aliphatic rings. The van der Waals surface area contributed by atoms with Gasteiger partial charge >= 0.3 is 0 Å². The number of benzene rings is 1. The topological polar surface area (TPSA) is 21.7 Å². The van der Waals surface area contributed by atoms with E-state index in [1.165, 1.54) is 11.3 Å². The summed E-state index contributed by atoms with van der Waals surface area (Å²) in [5.41, 5.74) is 2.52. The quantitative estimate of drug-likeness (QED) is 0.800. The molecule has 0 saturated carbocycles. The highest BCUT2D eigenvalue weighted by atomic mass is 16.5. The predicted octanol–water partition coefficient (Wildman–Crippen LogP) is 2.62. The summed E-state index contributed by atoms with van der Waals surface area (Å²) in [6.45, 7) is 8.51. The zero-order chi connectivity index (χ0) is 12.1. The normalized spacial score (nSPS) is 18.1. The van der Waals surface area contributed by atoms with Gasteiger partial charge in [-0.3, -0.25) is 0 Å². The van der Waals surface area contributed by atoms with E-state index < -0.39 is 0 Å². The van der Waals surface area contributed by atoms with Crippen LogP contribution in [0.3, 0.4) is 0 Å². The van der Waals surface area contributed by atoms with E-state index in [4.69, 9.17) is 9.47 Å². The number of ether oxygens (including phenoxy) is 2. The highest BCUT2D eigenvalue weighted by Crippen LogP contribution is 2.21. The average molecular weight is 235 g/mol. The molecule has 94 valence electrons. The summed E-state index contributed by atoms with van der Waals surface area (Å²) >= 11 is 0. The van der Waals surface area contributed by atoms with Crippen molar-refractivity contribution in [2.45, 2.75) is 20.0 Å². The van der Waals surface area contributed by atoms with Crippen LogP contribution in [-0.2, 0) is 9.47 Å². The van der Waals surface area contributed by atoms with Crippen LogP contribution in [0.1, 0.15) is 25.5 Å². The van der Waals surface area contributed by atoms with Crippen molar-refractivity contribution in [1.29, 1.82) is 0 Å². The van der Waals surface area contributed by atoms with Crippen LogP contribution in [0.15, 0.2) is 24.3 Å². The Kier molecular flexibility index (Phi) is 4.40. The van der Waals surface area contributed by atoms with Crippen LogP contribution >= 0.6 is 0 Å². The van der Waals surface area contributed by atoms with E-state index in [1.54, 1.807) is 0 Å². The molecule has 1 aromatic rings. The Hall–Kier alpha value is -1.06. The summed E-state index contributed by atoms with van der Waals surface area (Å²) in [6, 6.07) is 8.67. The molecule has 0 N–H and O–H groups in total. The van der Waals surface area contributed by atoms with E-state index in [-0.39, 0.29) is 6.10 Å². The minimum absolute atomic E-state index is 0.179. The van der Waals surface area contributed by atoms with Crippen LogP contribution in [0.2, 0.25) is 0 Å². The molecule has 0 aromatic heterocycles. The highest BCUT2D eigenvalue weighted by molar-refractivity contribution is 5.48. The number of hydrogen-bond donors (Lipinski definition) is 0. The largest absolute Gasteiger partial charge is 0.378 e. The third-order valence-electron chi connectivity index (χ3n) is 3.16. The van der Waals surface area contributed by atoms with Crippen molar-refractivity contribution < 1.29 is 9.47 Å². The minimum Gasteiger partial charge on any atom is -0.378 e. The zero-order valence-electron chi connectivity index (χ0n) is 10.7. The van der Waals surface area contributed by atoms with Crippen molar-refractivity contribution in [3.63, 3.8) is 0 Å². The molecule has 2 rings (SSSR count). The van der Waals surface area contributed by atoms with Gasteiger partial charge < -0.3 is 14.4 Å². The second-order valence-corrected chi connectivity index (χ2v) is 4.29. The van der Waals surface area contributed by atoms with Crippen LogP contribution in [0.25, 0.3) is 0 Å². The van der Waals surface area contributed by atoms with Crippen molar-refractivity contribution in [3.8, 4) is 0 Å². The van der Waals surface area contributed by atoms with E-state index in [2.05, 4.69) is 36.1 Å². The molecular weight excluding hydrogens is 214 g/mol. The fourth-order valence-corrected chi connectivity index (χ4v) is 2.12. The third-order valence-corrected chi connectivity index (χ3v) is 3.16. The molecule has 17 heavy (non-hydrogen) atoms. The maximum Gasteiger partial charge on any atom is 0.0796 e. The van der Waals surface area contributed by atoms with Gasteiger partial charge in [0.2, 0.25) is 0 Å². The number of rotatable bonds is 4. The lowest BCUT2D eigenvalue weighted by atomic mass is 10.1. The summed E-state index contributed by atoms with van der Waals surface area (Å²) in [7, 11) is 0. The third kappa shape index (κ3) is 3.20. The Morgan fingerprint density at radius 2 is 1.88 bits per heavy atom. The van der Waals surface area contributed by atoms with Gasteiger partial charge in [0.15, 0.2) is 0 Å². The second kappa shape index (κ2) is 6.03. The summed E-state index contributed by atoms with van der Waals surface area (Å²) in [5, 5.41) is 0. The first kappa shape index (κ1) is 12.4. The summed E-state index contributed by atoms with van der Waals surface area (Å²) < 4.78 is 10.9. The SMILES string of the molecule is CCOC(C)c1ccc(N2CCOCC2)cc1. The van der Waals surface area contributed by atoms with Crippen molar-refractivity contribution in [3.05, 3.63) is 29.8 Å². The van der Waals surface area contributed by atoms with Gasteiger partial charge in [0.25, 0.3) is 0 Å². The molecule has 1 aliphatic heterocycles. The smallest absolute Gasteiger partial charge is 0.0796 e. The fraction of sp³-hybridized carbons (Fsp3) is 0.571. The van der Waals surface area contributed by atoms with E-state index in [1.807, 2.05) is 6.92 Å². The van der Waals surface area contributed by atoms with Gasteiger partial charge in [-0.25, -0.2) is 0 Å². The molecule has 3 heteroatoms. The first-order valence-corrected chi connectivity index (χ1v) is 6.35. The Bertz CT molecular complexity index is 331. The Morgan fingerprint density at radius 3 is 2.47 bits per heavy atom. The van der Waals surface area contributed by atoms with E-state index in [0.717, 1.165) is 32.9 Å². The number of anilines is 1. The maximum atomic E-state index is 5.58. The highest BCUT2D eigenvalue weighted by Gasteiger charge is 2.11. The van der Waals surface area contributed by atoms with Crippen LogP contribution in [0.5, 0.6) is 0 Å². The second-order valence-electron chi connectivity index (χ2n) is 4.29. The predicted molar refractivity (Wildman–Crippen MR) is 69.5 cm³/mol. The molecule has 3 nitrogen and oxygen atoms in total. The number of hydrogen-bond acceptors (Lipinski definition) is 3. The zero-order valence-corrected chi connectivity index (χ0v) is 10.7. The van der Waals surface area contributed by atoms with Crippen LogP contribution < -0.4 is 4.90 Å². The Labute approximate surface area is 103 Å². The van der Waals surface area contributed by atoms with Gasteiger partial charge in [0, 0.05) is 25.4 Å². The monoisotopic (exact) mass is 235 g/mol. The van der Waals surface area contributed by atoms with Crippen LogP contribution in [0.4, 0.5) is 5.69 Å². The first-order valence-electron chi connectivity index (χ1n) is 6.35. The summed E-state index contributed by atoms with van der Waals surface area (Å²) in [4.78, 5) is 2.36. The van der Waals surface area contributed by atoms with Gasteiger partial charge in [-0.1, -0.05) is 12.1 Å². The Balaban J connectivity index is 2.01. The van der Waals surface area contributed by atoms with E-state index in [0.29, 0.717) is 0 Å². The van der Waals surface area contributed by atoms with Gasteiger partial charge in [-0.2, -0.15) is 0 Å². The molecular formula is C14H21NO2. The molecule has 0 radical (unpaired) electrons. The minimum atomic E-state index is 0.179. The lowest BCUT2D eigenvalue weighted by Crippen LogP contribution is -2.36. The van der Waals surface area contributed by atoms with E-state index >= 15 is 0 Å². The molecule has 1 heterocycles. The Morgan fingerprint density at radius 1 is 1.24 bits per heavy atom. The molecule has 0 spiro atoms. The van der Waals surface area contributed by atoms with Gasteiger partial charge in [-0.05, 0) is 31.5 Å². The van der Waals surface area contributed by atoms with Crippen molar-refractivity contribution in [1.82, 2.24) is 0 Å². The van der Waals surface area contributed by atoms with Gasteiger partial charge in [0.1, 0.15) is 0 Å². The average Bonchev–Trinajstić information content (AvgIpc) is 2.40. The van der Waals surface area contributed by atoms with Crippen molar-refractivity contribution in [2.75, 3.05) is 37.8 Å². The lowest BCUT2D eigenvalue weighted by molar-refractivity contribution is 0.0764. The maximum absolute atomic E-state index is 5.58. The van der Waals surface area contributed by atoms with Gasteiger partial charge in [-0.15, -0.1) is 0 Å². The molecule has 0 amide bonds. The molecule has 0 bridgehead atoms. The van der Waals surface area contributed by atoms with E-state index in [9.17, 15) is 0 Å². The fourth-order valence-electron chi connectivity index (χ4n) is 2.12. The van der Waals surface area contributed by atoms with Crippen molar-refractivity contribution >= 4 is 5.69 Å². The molecule has 0 aliphatic carbocycles.